The first kappa shape index (κ1) is 16.1. The standard InChI is InChI=1S/C19H23NO2/c1-13-10-11-14(2)18(12-13)15(3)20-19(21)16(4)22-17-8-6-5-7-9-17/h5-12,15-16H,1-4H3,(H,20,21). The lowest BCUT2D eigenvalue weighted by Crippen LogP contribution is -2.38. The molecule has 0 aliphatic heterocycles. The summed E-state index contributed by atoms with van der Waals surface area (Å²) in [6.45, 7) is 7.87. The molecule has 1 amide bonds. The van der Waals surface area contributed by atoms with E-state index in [4.69, 9.17) is 4.74 Å². The molecule has 0 radical (unpaired) electrons. The van der Waals surface area contributed by atoms with Crippen LogP contribution in [0.3, 0.4) is 0 Å². The van der Waals surface area contributed by atoms with Gasteiger partial charge in [0.05, 0.1) is 6.04 Å². The zero-order valence-corrected chi connectivity index (χ0v) is 13.6. The lowest BCUT2D eigenvalue weighted by molar-refractivity contribution is -0.127. The van der Waals surface area contributed by atoms with E-state index >= 15 is 0 Å². The second-order valence-electron chi connectivity index (χ2n) is 5.66. The maximum Gasteiger partial charge on any atom is 0.261 e. The number of nitrogens with one attached hydrogen (secondary N) is 1. The zero-order chi connectivity index (χ0) is 16.1. The van der Waals surface area contributed by atoms with Gasteiger partial charge in [0.15, 0.2) is 6.10 Å². The first-order valence-corrected chi connectivity index (χ1v) is 7.56. The molecule has 0 saturated heterocycles. The number of para-hydroxylation sites is 1. The molecular formula is C19H23NO2. The summed E-state index contributed by atoms with van der Waals surface area (Å²) in [6, 6.07) is 15.6. The molecule has 22 heavy (non-hydrogen) atoms. The van der Waals surface area contributed by atoms with E-state index in [2.05, 4.69) is 37.4 Å². The number of rotatable bonds is 5. The van der Waals surface area contributed by atoms with Crippen molar-refractivity contribution in [3.8, 4) is 5.75 Å². The van der Waals surface area contributed by atoms with Crippen LogP contribution in [0.25, 0.3) is 0 Å². The van der Waals surface area contributed by atoms with E-state index in [1.807, 2.05) is 37.3 Å². The molecule has 0 bridgehead atoms. The molecule has 0 aliphatic carbocycles. The van der Waals surface area contributed by atoms with Gasteiger partial charge in [0.2, 0.25) is 0 Å². The van der Waals surface area contributed by atoms with Crippen LogP contribution in [0.2, 0.25) is 0 Å². The third kappa shape index (κ3) is 4.10. The van der Waals surface area contributed by atoms with Gasteiger partial charge in [-0.2, -0.15) is 0 Å². The van der Waals surface area contributed by atoms with Crippen LogP contribution in [-0.2, 0) is 4.79 Å². The highest BCUT2D eigenvalue weighted by molar-refractivity contribution is 5.81. The van der Waals surface area contributed by atoms with Crippen molar-refractivity contribution < 1.29 is 9.53 Å². The van der Waals surface area contributed by atoms with E-state index in [0.717, 1.165) is 5.56 Å². The fourth-order valence-electron chi connectivity index (χ4n) is 2.39. The highest BCUT2D eigenvalue weighted by atomic mass is 16.5. The Kier molecular flexibility index (Phi) is 5.21. The minimum absolute atomic E-state index is 0.0470. The van der Waals surface area contributed by atoms with E-state index < -0.39 is 6.10 Å². The van der Waals surface area contributed by atoms with Crippen LogP contribution in [0.5, 0.6) is 5.75 Å². The number of benzene rings is 2. The number of hydrogen-bond donors (Lipinski definition) is 1. The zero-order valence-electron chi connectivity index (χ0n) is 13.6. The Bertz CT molecular complexity index is 637. The van der Waals surface area contributed by atoms with Crippen LogP contribution in [0.15, 0.2) is 48.5 Å². The number of carbonyl (C=O) groups excluding carboxylic acids is 1. The molecule has 2 unspecified atom stereocenters. The van der Waals surface area contributed by atoms with Gasteiger partial charge in [-0.25, -0.2) is 0 Å². The third-order valence-corrected chi connectivity index (χ3v) is 3.69. The molecule has 2 aromatic carbocycles. The van der Waals surface area contributed by atoms with Gasteiger partial charge in [-0.3, -0.25) is 4.79 Å². The smallest absolute Gasteiger partial charge is 0.261 e. The summed E-state index contributed by atoms with van der Waals surface area (Å²) < 4.78 is 5.65. The van der Waals surface area contributed by atoms with Gasteiger partial charge in [0.1, 0.15) is 5.75 Å². The predicted octanol–water partition coefficient (Wildman–Crippen LogP) is 3.95. The van der Waals surface area contributed by atoms with Gasteiger partial charge in [0.25, 0.3) is 5.91 Å². The highest BCUT2D eigenvalue weighted by Crippen LogP contribution is 2.19. The second-order valence-corrected chi connectivity index (χ2v) is 5.66. The fourth-order valence-corrected chi connectivity index (χ4v) is 2.39. The number of carbonyl (C=O) groups is 1. The van der Waals surface area contributed by atoms with Gasteiger partial charge in [-0.15, -0.1) is 0 Å². The van der Waals surface area contributed by atoms with Gasteiger partial charge in [0, 0.05) is 0 Å². The largest absolute Gasteiger partial charge is 0.481 e. The lowest BCUT2D eigenvalue weighted by Gasteiger charge is -2.20. The molecule has 0 aliphatic rings. The number of amides is 1. The molecule has 2 atom stereocenters. The predicted molar refractivity (Wildman–Crippen MR) is 89.0 cm³/mol. The molecule has 0 aromatic heterocycles. The topological polar surface area (TPSA) is 38.3 Å². The van der Waals surface area contributed by atoms with Crippen molar-refractivity contribution in [2.24, 2.45) is 0 Å². The molecule has 0 heterocycles. The SMILES string of the molecule is Cc1ccc(C)c(C(C)NC(=O)C(C)Oc2ccccc2)c1. The quantitative estimate of drug-likeness (QED) is 0.907. The first-order chi connectivity index (χ1) is 10.5. The minimum atomic E-state index is -0.532. The van der Waals surface area contributed by atoms with Crippen LogP contribution in [-0.4, -0.2) is 12.0 Å². The van der Waals surface area contributed by atoms with Crippen LogP contribution in [0.4, 0.5) is 0 Å². The van der Waals surface area contributed by atoms with Gasteiger partial charge >= 0.3 is 0 Å². The van der Waals surface area contributed by atoms with E-state index in [9.17, 15) is 4.79 Å². The average molecular weight is 297 g/mol. The summed E-state index contributed by atoms with van der Waals surface area (Å²) >= 11 is 0. The summed E-state index contributed by atoms with van der Waals surface area (Å²) in [6.07, 6.45) is -0.532. The maximum atomic E-state index is 12.3. The Labute approximate surface area is 132 Å². The van der Waals surface area contributed by atoms with Crippen molar-refractivity contribution in [3.05, 3.63) is 65.2 Å². The van der Waals surface area contributed by atoms with Crippen molar-refractivity contribution in [1.29, 1.82) is 0 Å². The van der Waals surface area contributed by atoms with E-state index in [-0.39, 0.29) is 11.9 Å². The Morgan fingerprint density at radius 1 is 1.05 bits per heavy atom. The fraction of sp³-hybridized carbons (Fsp3) is 0.316. The summed E-state index contributed by atoms with van der Waals surface area (Å²) in [5.41, 5.74) is 3.51. The molecule has 2 rings (SSSR count). The maximum absolute atomic E-state index is 12.3. The third-order valence-electron chi connectivity index (χ3n) is 3.69. The van der Waals surface area contributed by atoms with E-state index in [1.54, 1.807) is 6.92 Å². The van der Waals surface area contributed by atoms with Gasteiger partial charge in [-0.1, -0.05) is 42.0 Å². The second kappa shape index (κ2) is 7.12. The Hall–Kier alpha value is -2.29. The van der Waals surface area contributed by atoms with Crippen LogP contribution < -0.4 is 10.1 Å². The average Bonchev–Trinajstić information content (AvgIpc) is 2.50. The minimum Gasteiger partial charge on any atom is -0.481 e. The molecule has 116 valence electrons. The molecule has 0 spiro atoms. The summed E-state index contributed by atoms with van der Waals surface area (Å²) in [5, 5.41) is 3.02. The van der Waals surface area contributed by atoms with Crippen molar-refractivity contribution in [1.82, 2.24) is 5.32 Å². The number of aryl methyl sites for hydroxylation is 2. The van der Waals surface area contributed by atoms with Gasteiger partial charge < -0.3 is 10.1 Å². The van der Waals surface area contributed by atoms with E-state index in [0.29, 0.717) is 5.75 Å². The normalized spacial score (nSPS) is 13.3. The first-order valence-electron chi connectivity index (χ1n) is 7.56. The van der Waals surface area contributed by atoms with Crippen LogP contribution >= 0.6 is 0 Å². The van der Waals surface area contributed by atoms with Crippen molar-refractivity contribution in [3.63, 3.8) is 0 Å². The molecule has 1 N–H and O–H groups in total. The molecule has 0 fully saturated rings. The van der Waals surface area contributed by atoms with Crippen molar-refractivity contribution >= 4 is 5.91 Å². The van der Waals surface area contributed by atoms with Crippen LogP contribution in [0, 0.1) is 13.8 Å². The summed E-state index contributed by atoms with van der Waals surface area (Å²) in [4.78, 5) is 12.3. The number of ether oxygens (including phenoxy) is 1. The molecule has 2 aromatic rings. The Morgan fingerprint density at radius 2 is 1.73 bits per heavy atom. The Morgan fingerprint density at radius 3 is 2.41 bits per heavy atom. The highest BCUT2D eigenvalue weighted by Gasteiger charge is 2.18. The molecule has 3 heteroatoms. The molecular weight excluding hydrogens is 274 g/mol. The monoisotopic (exact) mass is 297 g/mol. The van der Waals surface area contributed by atoms with E-state index in [1.165, 1.54) is 11.1 Å². The van der Waals surface area contributed by atoms with Crippen LogP contribution in [0.1, 0.15) is 36.6 Å². The molecule has 3 nitrogen and oxygen atoms in total. The van der Waals surface area contributed by atoms with Crippen molar-refractivity contribution in [2.45, 2.75) is 39.8 Å². The number of hydrogen-bond acceptors (Lipinski definition) is 2. The van der Waals surface area contributed by atoms with Gasteiger partial charge in [-0.05, 0) is 51.0 Å². The van der Waals surface area contributed by atoms with Crippen molar-refractivity contribution in [2.75, 3.05) is 0 Å². The lowest BCUT2D eigenvalue weighted by atomic mass is 10.00. The molecule has 0 saturated carbocycles. The Balaban J connectivity index is 2.00. The summed E-state index contributed by atoms with van der Waals surface area (Å²) in [7, 11) is 0. The summed E-state index contributed by atoms with van der Waals surface area (Å²) in [5.74, 6) is 0.585.